The lowest BCUT2D eigenvalue weighted by Gasteiger charge is -2.18. The van der Waals surface area contributed by atoms with Crippen molar-refractivity contribution in [1.29, 1.82) is 0 Å². The second kappa shape index (κ2) is 4.76. The molecule has 1 aliphatic rings. The molecule has 0 saturated carbocycles. The zero-order valence-corrected chi connectivity index (χ0v) is 9.38. The van der Waals surface area contributed by atoms with Crippen LogP contribution in [0, 0.1) is 5.92 Å². The van der Waals surface area contributed by atoms with Crippen LogP contribution >= 0.6 is 0 Å². The van der Waals surface area contributed by atoms with Gasteiger partial charge < -0.3 is 5.11 Å². The molecule has 0 saturated heterocycles. The van der Waals surface area contributed by atoms with Crippen LogP contribution in [0.15, 0.2) is 11.8 Å². The quantitative estimate of drug-likeness (QED) is 0.733. The first-order chi connectivity index (χ1) is 6.87. The van der Waals surface area contributed by atoms with Crippen molar-refractivity contribution >= 4 is 15.8 Å². The highest BCUT2D eigenvalue weighted by Crippen LogP contribution is 2.22. The van der Waals surface area contributed by atoms with Crippen molar-refractivity contribution in [2.45, 2.75) is 19.3 Å². The van der Waals surface area contributed by atoms with Crippen LogP contribution in [0.25, 0.3) is 0 Å². The minimum absolute atomic E-state index is 0.0387. The second-order valence-electron chi connectivity index (χ2n) is 3.83. The van der Waals surface area contributed by atoms with Gasteiger partial charge in [0.1, 0.15) is 0 Å². The maximum atomic E-state index is 11.1. The molecule has 0 aromatic heterocycles. The van der Waals surface area contributed by atoms with Gasteiger partial charge in [0.2, 0.25) is 10.0 Å². The molecule has 0 heterocycles. The van der Waals surface area contributed by atoms with E-state index >= 15 is 0 Å². The Kier molecular flexibility index (Phi) is 3.87. The first-order valence-electron chi connectivity index (χ1n) is 4.74. The lowest BCUT2D eigenvalue weighted by atomic mass is 9.90. The number of hydrogen-bond acceptors (Lipinski definition) is 4. The van der Waals surface area contributed by atoms with Crippen molar-refractivity contribution in [2.75, 3.05) is 12.8 Å². The summed E-state index contributed by atoms with van der Waals surface area (Å²) < 4.78 is 23.9. The summed E-state index contributed by atoms with van der Waals surface area (Å²) in [7, 11) is -3.16. The summed E-state index contributed by atoms with van der Waals surface area (Å²) in [6.45, 7) is 0.310. The Bertz CT molecular complexity index is 372. The predicted molar refractivity (Wildman–Crippen MR) is 55.9 cm³/mol. The molecule has 0 aliphatic heterocycles. The monoisotopic (exact) mass is 233 g/mol. The van der Waals surface area contributed by atoms with Crippen LogP contribution in [0.4, 0.5) is 0 Å². The summed E-state index contributed by atoms with van der Waals surface area (Å²) in [4.78, 5) is 11.1. The fourth-order valence-corrected chi connectivity index (χ4v) is 2.10. The molecule has 0 bridgehead atoms. The molecule has 6 heteroatoms. The molecule has 1 aliphatic carbocycles. The van der Waals surface area contributed by atoms with Crippen molar-refractivity contribution in [3.05, 3.63) is 11.8 Å². The van der Waals surface area contributed by atoms with Gasteiger partial charge in [-0.05, 0) is 12.3 Å². The molecule has 86 valence electrons. The average Bonchev–Trinajstić information content (AvgIpc) is 1.99. The Morgan fingerprint density at radius 3 is 2.73 bits per heavy atom. The van der Waals surface area contributed by atoms with E-state index in [1.165, 1.54) is 6.08 Å². The Balaban J connectivity index is 2.35. The molecule has 1 atom stereocenters. The molecule has 5 nitrogen and oxygen atoms in total. The first kappa shape index (κ1) is 12.2. The predicted octanol–water partition coefficient (Wildman–Crippen LogP) is 0.347. The van der Waals surface area contributed by atoms with E-state index in [0.29, 0.717) is 25.8 Å². The van der Waals surface area contributed by atoms with Gasteiger partial charge >= 0.3 is 0 Å². The summed E-state index contributed by atoms with van der Waals surface area (Å²) in [5.74, 6) is 0.0375. The van der Waals surface area contributed by atoms with Crippen molar-refractivity contribution in [3.8, 4) is 0 Å². The van der Waals surface area contributed by atoms with E-state index in [-0.39, 0.29) is 17.5 Å². The van der Waals surface area contributed by atoms with Crippen LogP contribution in [-0.2, 0) is 14.8 Å². The number of rotatable bonds is 4. The SMILES string of the molecule is CS(=O)(=O)NCCC1CC(=O)C=C(O)C1. The van der Waals surface area contributed by atoms with Crippen LogP contribution in [-0.4, -0.2) is 32.1 Å². The van der Waals surface area contributed by atoms with Crippen molar-refractivity contribution in [3.63, 3.8) is 0 Å². The number of aliphatic hydroxyl groups is 1. The Morgan fingerprint density at radius 2 is 2.20 bits per heavy atom. The maximum Gasteiger partial charge on any atom is 0.208 e. The molecule has 2 N–H and O–H groups in total. The van der Waals surface area contributed by atoms with Crippen molar-refractivity contribution in [1.82, 2.24) is 4.72 Å². The molecule has 15 heavy (non-hydrogen) atoms. The zero-order chi connectivity index (χ0) is 11.5. The fraction of sp³-hybridized carbons (Fsp3) is 0.667. The largest absolute Gasteiger partial charge is 0.512 e. The van der Waals surface area contributed by atoms with E-state index in [1.54, 1.807) is 0 Å². The standard InChI is InChI=1S/C9H15NO4S/c1-15(13,14)10-3-2-7-4-8(11)6-9(12)5-7/h6-7,10-11H,2-5H2,1H3. The van der Waals surface area contributed by atoms with Crippen LogP contribution in [0.5, 0.6) is 0 Å². The van der Waals surface area contributed by atoms with Gasteiger partial charge in [-0.15, -0.1) is 0 Å². The van der Waals surface area contributed by atoms with Gasteiger partial charge in [-0.25, -0.2) is 13.1 Å². The average molecular weight is 233 g/mol. The highest BCUT2D eigenvalue weighted by molar-refractivity contribution is 7.88. The number of carbonyl (C=O) groups excluding carboxylic acids is 1. The number of carbonyl (C=O) groups is 1. The van der Waals surface area contributed by atoms with Gasteiger partial charge in [0.05, 0.1) is 12.0 Å². The van der Waals surface area contributed by atoms with Crippen LogP contribution in [0.3, 0.4) is 0 Å². The number of ketones is 1. The van der Waals surface area contributed by atoms with Gasteiger partial charge in [0.25, 0.3) is 0 Å². The van der Waals surface area contributed by atoms with E-state index < -0.39 is 10.0 Å². The fourth-order valence-electron chi connectivity index (χ4n) is 1.61. The second-order valence-corrected chi connectivity index (χ2v) is 5.66. The first-order valence-corrected chi connectivity index (χ1v) is 6.63. The van der Waals surface area contributed by atoms with E-state index in [1.807, 2.05) is 0 Å². The molecule has 1 rings (SSSR count). The summed E-state index contributed by atoms with van der Waals surface area (Å²) in [5, 5.41) is 9.21. The third-order valence-electron chi connectivity index (χ3n) is 2.23. The Labute approximate surface area is 89.2 Å². The number of hydrogen-bond donors (Lipinski definition) is 2. The smallest absolute Gasteiger partial charge is 0.208 e. The van der Waals surface area contributed by atoms with Gasteiger partial charge in [-0.2, -0.15) is 0 Å². The third kappa shape index (κ3) is 4.94. The third-order valence-corrected chi connectivity index (χ3v) is 2.96. The molecule has 0 fully saturated rings. The number of sulfonamides is 1. The Morgan fingerprint density at radius 1 is 1.53 bits per heavy atom. The summed E-state index contributed by atoms with van der Waals surface area (Å²) >= 11 is 0. The van der Waals surface area contributed by atoms with Gasteiger partial charge in [-0.1, -0.05) is 0 Å². The number of aliphatic hydroxyl groups excluding tert-OH is 1. The zero-order valence-electron chi connectivity index (χ0n) is 8.56. The molecule has 0 aromatic rings. The molecule has 0 aromatic carbocycles. The van der Waals surface area contributed by atoms with Crippen molar-refractivity contribution in [2.24, 2.45) is 5.92 Å². The van der Waals surface area contributed by atoms with Crippen LogP contribution in [0.2, 0.25) is 0 Å². The summed E-state index contributed by atoms with van der Waals surface area (Å²) in [5.41, 5.74) is 0. The molecular formula is C9H15NO4S. The maximum absolute atomic E-state index is 11.1. The molecule has 1 unspecified atom stereocenters. The van der Waals surface area contributed by atoms with E-state index in [9.17, 15) is 18.3 Å². The Hall–Kier alpha value is -0.880. The van der Waals surface area contributed by atoms with E-state index in [4.69, 9.17) is 0 Å². The molecule has 0 amide bonds. The molecule has 0 spiro atoms. The highest BCUT2D eigenvalue weighted by atomic mass is 32.2. The van der Waals surface area contributed by atoms with Gasteiger partial charge in [-0.3, -0.25) is 4.79 Å². The highest BCUT2D eigenvalue weighted by Gasteiger charge is 2.20. The van der Waals surface area contributed by atoms with E-state index in [2.05, 4.69) is 4.72 Å². The molecular weight excluding hydrogens is 218 g/mol. The van der Waals surface area contributed by atoms with Gasteiger partial charge in [0, 0.05) is 25.5 Å². The lowest BCUT2D eigenvalue weighted by molar-refractivity contribution is -0.116. The summed E-state index contributed by atoms with van der Waals surface area (Å²) in [6, 6.07) is 0. The topological polar surface area (TPSA) is 83.5 Å². The minimum Gasteiger partial charge on any atom is -0.512 e. The summed E-state index contributed by atoms with van der Waals surface area (Å²) in [6.07, 6.45) is 3.74. The minimum atomic E-state index is -3.16. The lowest BCUT2D eigenvalue weighted by Crippen LogP contribution is -2.26. The molecule has 0 radical (unpaired) electrons. The van der Waals surface area contributed by atoms with E-state index in [0.717, 1.165) is 6.26 Å². The van der Waals surface area contributed by atoms with Crippen LogP contribution in [0.1, 0.15) is 19.3 Å². The normalized spacial score (nSPS) is 22.6. The van der Waals surface area contributed by atoms with Crippen molar-refractivity contribution < 1.29 is 18.3 Å². The van der Waals surface area contributed by atoms with Gasteiger partial charge in [0.15, 0.2) is 5.78 Å². The number of nitrogens with one attached hydrogen (secondary N) is 1. The number of allylic oxidation sites excluding steroid dienone is 2. The van der Waals surface area contributed by atoms with Crippen LogP contribution < -0.4 is 4.72 Å².